The van der Waals surface area contributed by atoms with Crippen LogP contribution >= 0.6 is 11.9 Å². The summed E-state index contributed by atoms with van der Waals surface area (Å²) in [5, 5.41) is 0. The summed E-state index contributed by atoms with van der Waals surface area (Å²) in [6, 6.07) is 0. The number of rotatable bonds is 0. The van der Waals surface area contributed by atoms with E-state index in [2.05, 4.69) is 16.2 Å². The monoisotopic (exact) mass is 112 g/mol. The highest BCUT2D eigenvalue weighted by molar-refractivity contribution is 6.12. The predicted molar refractivity (Wildman–Crippen MR) is 21.2 cm³/mol. The van der Waals surface area contributed by atoms with Crippen LogP contribution in [0.2, 0.25) is 0 Å². The minimum absolute atomic E-state index is 0. The summed E-state index contributed by atoms with van der Waals surface area (Å²) in [6.07, 6.45) is 0. The standard InChI is InChI=1S/C2H3ClO2.H2O/c1-2(4)5-3;/h1H3;1H2. The molecule has 0 bridgehead atoms. The highest BCUT2D eigenvalue weighted by Gasteiger charge is 1.79. The molecule has 0 fully saturated rings. The molecule has 0 atom stereocenters. The lowest BCUT2D eigenvalue weighted by molar-refractivity contribution is -0.131. The summed E-state index contributed by atoms with van der Waals surface area (Å²) < 4.78 is 3.58. The molecule has 0 aromatic carbocycles. The number of hydrogen-bond acceptors (Lipinski definition) is 2. The Morgan fingerprint density at radius 3 is 2.00 bits per heavy atom. The van der Waals surface area contributed by atoms with Crippen molar-refractivity contribution in [1.29, 1.82) is 0 Å². The van der Waals surface area contributed by atoms with Crippen molar-refractivity contribution in [3.8, 4) is 0 Å². The summed E-state index contributed by atoms with van der Waals surface area (Å²) in [5.41, 5.74) is 0. The third kappa shape index (κ3) is 9.30. The van der Waals surface area contributed by atoms with E-state index in [9.17, 15) is 4.79 Å². The second-order valence-electron chi connectivity index (χ2n) is 0.569. The molecule has 0 aromatic heterocycles. The van der Waals surface area contributed by atoms with Gasteiger partial charge in [-0.2, -0.15) is 0 Å². The van der Waals surface area contributed by atoms with Crippen molar-refractivity contribution >= 4 is 17.8 Å². The Labute approximate surface area is 40.3 Å². The number of carbonyl (C=O) groups is 1. The third-order valence-corrected chi connectivity index (χ3v) is 0.326. The Bertz CT molecular complexity index is 44.1. The van der Waals surface area contributed by atoms with Gasteiger partial charge in [0.15, 0.2) is 0 Å². The largest absolute Gasteiger partial charge is 0.412 e. The Morgan fingerprint density at radius 1 is 1.83 bits per heavy atom. The van der Waals surface area contributed by atoms with Crippen LogP contribution in [-0.4, -0.2) is 11.4 Å². The van der Waals surface area contributed by atoms with Gasteiger partial charge < -0.3 is 9.77 Å². The molecule has 0 aliphatic rings. The van der Waals surface area contributed by atoms with Crippen LogP contribution in [0.5, 0.6) is 0 Å². The number of halogens is 1. The van der Waals surface area contributed by atoms with Crippen LogP contribution < -0.4 is 0 Å². The first-order chi connectivity index (χ1) is 2.27. The molecule has 3 nitrogen and oxygen atoms in total. The second kappa shape index (κ2) is 4.72. The number of carbonyl (C=O) groups excluding carboxylic acids is 1. The summed E-state index contributed by atoms with van der Waals surface area (Å²) in [7, 11) is 0. The van der Waals surface area contributed by atoms with Gasteiger partial charge in [0.2, 0.25) is 0 Å². The van der Waals surface area contributed by atoms with Gasteiger partial charge in [-0.15, -0.1) is 0 Å². The molecule has 0 spiro atoms. The average molecular weight is 113 g/mol. The molecule has 38 valence electrons. The molecule has 0 rings (SSSR count). The zero-order chi connectivity index (χ0) is 4.28. The zero-order valence-electron chi connectivity index (χ0n) is 3.19. The normalized spacial score (nSPS) is 5.67. The molecule has 0 aromatic rings. The van der Waals surface area contributed by atoms with Crippen LogP contribution in [0.15, 0.2) is 0 Å². The fourth-order valence-electron chi connectivity index (χ4n) is 0. The molecule has 2 N–H and O–H groups in total. The SMILES string of the molecule is CC(=O)OCl.O. The van der Waals surface area contributed by atoms with E-state index in [1.807, 2.05) is 0 Å². The molecular weight excluding hydrogens is 107 g/mol. The van der Waals surface area contributed by atoms with E-state index >= 15 is 0 Å². The van der Waals surface area contributed by atoms with Gasteiger partial charge in [-0.1, -0.05) is 0 Å². The van der Waals surface area contributed by atoms with Crippen LogP contribution in [0.25, 0.3) is 0 Å². The Balaban J connectivity index is 0. The van der Waals surface area contributed by atoms with Gasteiger partial charge in [-0.3, -0.25) is 4.79 Å². The Kier molecular flexibility index (Phi) is 7.24. The molecule has 0 saturated carbocycles. The quantitative estimate of drug-likeness (QED) is 0.439. The van der Waals surface area contributed by atoms with Crippen LogP contribution in [0.1, 0.15) is 6.92 Å². The van der Waals surface area contributed by atoms with E-state index in [-0.39, 0.29) is 5.48 Å². The molecule has 0 saturated heterocycles. The summed E-state index contributed by atoms with van der Waals surface area (Å²) >= 11 is 4.49. The molecule has 6 heavy (non-hydrogen) atoms. The fraction of sp³-hybridized carbons (Fsp3) is 0.500. The summed E-state index contributed by atoms with van der Waals surface area (Å²) in [6.45, 7) is 1.23. The molecule has 0 heterocycles. The van der Waals surface area contributed by atoms with Gasteiger partial charge in [-0.05, 0) is 0 Å². The van der Waals surface area contributed by atoms with Crippen molar-refractivity contribution in [1.82, 2.24) is 0 Å². The lowest BCUT2D eigenvalue weighted by atomic mass is 10.9. The molecule has 0 aliphatic carbocycles. The van der Waals surface area contributed by atoms with Crippen molar-refractivity contribution in [2.45, 2.75) is 6.92 Å². The zero-order valence-corrected chi connectivity index (χ0v) is 3.95. The van der Waals surface area contributed by atoms with Crippen LogP contribution in [0.4, 0.5) is 0 Å². The lowest BCUT2D eigenvalue weighted by Gasteiger charge is -1.74. The van der Waals surface area contributed by atoms with Gasteiger partial charge in [0.05, 0.1) is 0 Å². The van der Waals surface area contributed by atoms with Crippen LogP contribution in [-0.2, 0) is 9.08 Å². The van der Waals surface area contributed by atoms with Gasteiger partial charge in [0, 0.05) is 6.92 Å². The Morgan fingerprint density at radius 2 is 2.00 bits per heavy atom. The van der Waals surface area contributed by atoms with Crippen molar-refractivity contribution < 1.29 is 14.6 Å². The first-order valence-electron chi connectivity index (χ1n) is 1.06. The van der Waals surface area contributed by atoms with E-state index in [0.717, 1.165) is 0 Å². The first kappa shape index (κ1) is 9.21. The summed E-state index contributed by atoms with van der Waals surface area (Å²) in [4.78, 5) is 9.46. The van der Waals surface area contributed by atoms with E-state index in [0.29, 0.717) is 0 Å². The van der Waals surface area contributed by atoms with E-state index in [1.165, 1.54) is 6.92 Å². The van der Waals surface area contributed by atoms with Crippen molar-refractivity contribution in [3.05, 3.63) is 0 Å². The van der Waals surface area contributed by atoms with Crippen molar-refractivity contribution in [2.24, 2.45) is 0 Å². The van der Waals surface area contributed by atoms with Crippen LogP contribution in [0.3, 0.4) is 0 Å². The van der Waals surface area contributed by atoms with Crippen LogP contribution in [0, 0.1) is 0 Å². The molecule has 0 unspecified atom stereocenters. The Hall–Kier alpha value is -0.280. The highest BCUT2D eigenvalue weighted by Crippen LogP contribution is 1.75. The maximum absolute atomic E-state index is 9.46. The average Bonchev–Trinajstić information content (AvgIpc) is 1.38. The molecule has 0 amide bonds. The first-order valence-corrected chi connectivity index (χ1v) is 1.37. The molecule has 0 radical (unpaired) electrons. The van der Waals surface area contributed by atoms with Gasteiger partial charge in [0.25, 0.3) is 0 Å². The third-order valence-electron chi connectivity index (χ3n) is 0.109. The molecule has 0 aliphatic heterocycles. The van der Waals surface area contributed by atoms with Crippen molar-refractivity contribution in [2.75, 3.05) is 0 Å². The predicted octanol–water partition coefficient (Wildman–Crippen LogP) is -0.121. The fourth-order valence-corrected chi connectivity index (χ4v) is 0. The van der Waals surface area contributed by atoms with Gasteiger partial charge in [-0.25, -0.2) is 0 Å². The van der Waals surface area contributed by atoms with E-state index in [1.54, 1.807) is 0 Å². The maximum atomic E-state index is 9.46. The van der Waals surface area contributed by atoms with Crippen molar-refractivity contribution in [3.63, 3.8) is 0 Å². The van der Waals surface area contributed by atoms with Gasteiger partial charge in [0.1, 0.15) is 11.9 Å². The number of hydrogen-bond donors (Lipinski definition) is 0. The smallest absolute Gasteiger partial charge is 0.321 e. The van der Waals surface area contributed by atoms with E-state index in [4.69, 9.17) is 0 Å². The molecular formula is C2H5ClO3. The summed E-state index contributed by atoms with van der Waals surface area (Å²) in [5.74, 6) is -0.480. The minimum atomic E-state index is -0.480. The topological polar surface area (TPSA) is 57.8 Å². The maximum Gasteiger partial charge on any atom is 0.321 e. The lowest BCUT2D eigenvalue weighted by Crippen LogP contribution is -1.82. The highest BCUT2D eigenvalue weighted by atomic mass is 35.5. The minimum Gasteiger partial charge on any atom is -0.412 e. The second-order valence-corrected chi connectivity index (χ2v) is 0.723. The van der Waals surface area contributed by atoms with E-state index < -0.39 is 5.97 Å². The molecule has 4 heteroatoms. The van der Waals surface area contributed by atoms with Gasteiger partial charge >= 0.3 is 5.97 Å².